The third-order valence-electron chi connectivity index (χ3n) is 4.47. The number of piperazine rings is 1. The van der Waals surface area contributed by atoms with Crippen molar-refractivity contribution in [3.05, 3.63) is 58.4 Å². The summed E-state index contributed by atoms with van der Waals surface area (Å²) in [5.74, 6) is -0.608. The summed E-state index contributed by atoms with van der Waals surface area (Å²) < 4.78 is 18.6. The third-order valence-corrected chi connectivity index (χ3v) is 4.80. The van der Waals surface area contributed by atoms with Crippen molar-refractivity contribution in [1.29, 1.82) is 0 Å². The second-order valence-corrected chi connectivity index (χ2v) is 6.58. The van der Waals surface area contributed by atoms with Crippen LogP contribution < -0.4 is 10.5 Å². The van der Waals surface area contributed by atoms with E-state index in [1.54, 1.807) is 15.9 Å². The molecule has 0 unspecified atom stereocenters. The summed E-state index contributed by atoms with van der Waals surface area (Å²) in [7, 11) is 1.45. The van der Waals surface area contributed by atoms with Gasteiger partial charge < -0.3 is 20.3 Å². The number of hydrogen-bond acceptors (Lipinski definition) is 4. The molecule has 3 rings (SSSR count). The van der Waals surface area contributed by atoms with E-state index < -0.39 is 5.82 Å². The van der Waals surface area contributed by atoms with E-state index in [0.717, 1.165) is 0 Å². The van der Waals surface area contributed by atoms with Crippen LogP contribution in [0.4, 0.5) is 10.1 Å². The Balaban J connectivity index is 0.00000280. The minimum Gasteiger partial charge on any atom is -0.496 e. The molecule has 0 saturated carbocycles. The normalized spacial score (nSPS) is 13.7. The van der Waals surface area contributed by atoms with Crippen molar-refractivity contribution < 1.29 is 18.7 Å². The van der Waals surface area contributed by atoms with Gasteiger partial charge in [0, 0.05) is 37.8 Å². The molecule has 0 bridgehead atoms. The van der Waals surface area contributed by atoms with Gasteiger partial charge >= 0.3 is 0 Å². The van der Waals surface area contributed by atoms with Crippen LogP contribution in [0.15, 0.2) is 36.4 Å². The van der Waals surface area contributed by atoms with E-state index in [1.807, 2.05) is 0 Å². The Kier molecular flexibility index (Phi) is 7.10. The Labute approximate surface area is 173 Å². The zero-order valence-electron chi connectivity index (χ0n) is 15.2. The second-order valence-electron chi connectivity index (χ2n) is 6.17. The first kappa shape index (κ1) is 21.8. The van der Waals surface area contributed by atoms with Gasteiger partial charge in [0.2, 0.25) is 0 Å². The number of anilines is 1. The maximum atomic E-state index is 13.3. The van der Waals surface area contributed by atoms with Gasteiger partial charge in [-0.3, -0.25) is 9.59 Å². The van der Waals surface area contributed by atoms with Crippen LogP contribution in [0.1, 0.15) is 20.7 Å². The summed E-state index contributed by atoms with van der Waals surface area (Å²) in [5.41, 5.74) is 6.70. The summed E-state index contributed by atoms with van der Waals surface area (Å²) in [6, 6.07) is 8.57. The van der Waals surface area contributed by atoms with Crippen molar-refractivity contribution in [2.24, 2.45) is 0 Å². The van der Waals surface area contributed by atoms with Crippen LogP contribution in [0.2, 0.25) is 5.02 Å². The van der Waals surface area contributed by atoms with Gasteiger partial charge in [-0.1, -0.05) is 17.7 Å². The number of nitrogens with two attached hydrogens (primary N) is 1. The molecular formula is C19H20Cl2FN3O3. The maximum absolute atomic E-state index is 13.3. The van der Waals surface area contributed by atoms with Crippen LogP contribution in [0, 0.1) is 5.82 Å². The number of methoxy groups -OCH3 is 1. The fraction of sp³-hybridized carbons (Fsp3) is 0.263. The van der Waals surface area contributed by atoms with E-state index >= 15 is 0 Å². The highest BCUT2D eigenvalue weighted by Crippen LogP contribution is 2.30. The summed E-state index contributed by atoms with van der Waals surface area (Å²) in [4.78, 5) is 28.5. The zero-order chi connectivity index (χ0) is 19.6. The maximum Gasteiger partial charge on any atom is 0.257 e. The number of carbonyl (C=O) groups is 2. The lowest BCUT2D eigenvalue weighted by molar-refractivity contribution is 0.0533. The minimum absolute atomic E-state index is 0. The molecule has 2 N–H and O–H groups in total. The highest BCUT2D eigenvalue weighted by Gasteiger charge is 2.27. The van der Waals surface area contributed by atoms with Crippen LogP contribution >= 0.6 is 24.0 Å². The van der Waals surface area contributed by atoms with Crippen LogP contribution in [0.25, 0.3) is 0 Å². The fourth-order valence-corrected chi connectivity index (χ4v) is 3.16. The molecule has 1 aliphatic rings. The van der Waals surface area contributed by atoms with E-state index in [1.165, 1.54) is 37.4 Å². The van der Waals surface area contributed by atoms with Gasteiger partial charge in [0.15, 0.2) is 0 Å². The molecule has 0 radical (unpaired) electrons. The lowest BCUT2D eigenvalue weighted by Gasteiger charge is -2.35. The number of ether oxygens (including phenoxy) is 1. The van der Waals surface area contributed by atoms with Gasteiger partial charge in [-0.2, -0.15) is 0 Å². The molecule has 2 aromatic rings. The van der Waals surface area contributed by atoms with E-state index in [2.05, 4.69) is 0 Å². The molecule has 0 aliphatic carbocycles. The lowest BCUT2D eigenvalue weighted by atomic mass is 10.1. The van der Waals surface area contributed by atoms with E-state index in [0.29, 0.717) is 48.7 Å². The summed E-state index contributed by atoms with van der Waals surface area (Å²) in [6.07, 6.45) is 0. The summed E-state index contributed by atoms with van der Waals surface area (Å²) in [6.45, 7) is 1.41. The molecule has 28 heavy (non-hydrogen) atoms. The number of rotatable bonds is 3. The van der Waals surface area contributed by atoms with Crippen molar-refractivity contribution in [2.75, 3.05) is 39.0 Å². The Morgan fingerprint density at radius 3 is 2.25 bits per heavy atom. The largest absolute Gasteiger partial charge is 0.496 e. The van der Waals surface area contributed by atoms with Gasteiger partial charge in [0.1, 0.15) is 11.6 Å². The van der Waals surface area contributed by atoms with Crippen LogP contribution in [-0.2, 0) is 0 Å². The van der Waals surface area contributed by atoms with Crippen molar-refractivity contribution in [2.45, 2.75) is 0 Å². The molecule has 6 nitrogen and oxygen atoms in total. The molecule has 2 aromatic carbocycles. The standard InChI is InChI=1S/C19H19ClFN3O3.ClH/c1-27-17-11-16(22)15(20)10-14(17)19(26)24-7-5-23(6-8-24)18(25)12-3-2-4-13(21)9-12;/h2-4,9-11H,5-8,22H2,1H3;1H. The number of nitrogens with zero attached hydrogens (tertiary/aromatic N) is 2. The van der Waals surface area contributed by atoms with Crippen molar-refractivity contribution in [3.8, 4) is 5.75 Å². The first-order chi connectivity index (χ1) is 12.9. The molecule has 0 atom stereocenters. The monoisotopic (exact) mass is 427 g/mol. The number of halogens is 3. The quantitative estimate of drug-likeness (QED) is 0.763. The number of nitrogen functional groups attached to an aromatic ring is 1. The number of hydrogen-bond donors (Lipinski definition) is 1. The molecule has 2 amide bonds. The fourth-order valence-electron chi connectivity index (χ4n) is 2.99. The molecule has 1 aliphatic heterocycles. The summed E-state index contributed by atoms with van der Waals surface area (Å²) >= 11 is 6.04. The first-order valence-electron chi connectivity index (χ1n) is 8.38. The Hall–Kier alpha value is -2.51. The van der Waals surface area contributed by atoms with Crippen molar-refractivity contribution in [3.63, 3.8) is 0 Å². The molecule has 0 spiro atoms. The predicted molar refractivity (Wildman–Crippen MR) is 108 cm³/mol. The second kappa shape index (κ2) is 9.12. The highest BCUT2D eigenvalue weighted by atomic mass is 35.5. The van der Waals surface area contributed by atoms with Crippen LogP contribution in [0.5, 0.6) is 5.75 Å². The van der Waals surface area contributed by atoms with Crippen LogP contribution in [-0.4, -0.2) is 54.9 Å². The average Bonchev–Trinajstić information content (AvgIpc) is 2.68. The topological polar surface area (TPSA) is 75.9 Å². The molecule has 150 valence electrons. The van der Waals surface area contributed by atoms with Gasteiger partial charge in [-0.25, -0.2) is 4.39 Å². The van der Waals surface area contributed by atoms with Gasteiger partial charge in [-0.15, -0.1) is 12.4 Å². The number of benzene rings is 2. The highest BCUT2D eigenvalue weighted by molar-refractivity contribution is 6.33. The van der Waals surface area contributed by atoms with Crippen molar-refractivity contribution >= 4 is 41.5 Å². The van der Waals surface area contributed by atoms with Gasteiger partial charge in [0.25, 0.3) is 11.8 Å². The molecule has 1 fully saturated rings. The van der Waals surface area contributed by atoms with Crippen LogP contribution in [0.3, 0.4) is 0 Å². The SMILES string of the molecule is COc1cc(N)c(Cl)cc1C(=O)N1CCN(C(=O)c2cccc(F)c2)CC1.Cl. The smallest absolute Gasteiger partial charge is 0.257 e. The minimum atomic E-state index is -0.456. The third kappa shape index (κ3) is 4.48. The van der Waals surface area contributed by atoms with Gasteiger partial charge in [0.05, 0.1) is 23.4 Å². The average molecular weight is 428 g/mol. The Morgan fingerprint density at radius 2 is 1.68 bits per heavy atom. The molecule has 0 aromatic heterocycles. The van der Waals surface area contributed by atoms with E-state index in [9.17, 15) is 14.0 Å². The molecule has 9 heteroatoms. The van der Waals surface area contributed by atoms with Crippen molar-refractivity contribution in [1.82, 2.24) is 9.80 Å². The molecular weight excluding hydrogens is 408 g/mol. The Morgan fingerprint density at radius 1 is 1.07 bits per heavy atom. The summed E-state index contributed by atoms with van der Waals surface area (Å²) in [5, 5.41) is 0.277. The Bertz CT molecular complexity index is 887. The zero-order valence-corrected chi connectivity index (χ0v) is 16.7. The number of amides is 2. The van der Waals surface area contributed by atoms with Gasteiger partial charge in [-0.05, 0) is 24.3 Å². The molecule has 1 heterocycles. The first-order valence-corrected chi connectivity index (χ1v) is 8.75. The number of carbonyl (C=O) groups excluding carboxylic acids is 2. The van der Waals surface area contributed by atoms with E-state index in [-0.39, 0.29) is 29.2 Å². The lowest BCUT2D eigenvalue weighted by Crippen LogP contribution is -2.50. The van der Waals surface area contributed by atoms with E-state index in [4.69, 9.17) is 22.1 Å². The molecule has 1 saturated heterocycles. The predicted octanol–water partition coefficient (Wildman–Crippen LogP) is 3.09.